The van der Waals surface area contributed by atoms with Crippen molar-refractivity contribution < 1.29 is 14.6 Å². The molecule has 0 heterocycles. The highest BCUT2D eigenvalue weighted by Gasteiger charge is 2.15. The van der Waals surface area contributed by atoms with E-state index in [9.17, 15) is 5.11 Å². The van der Waals surface area contributed by atoms with Crippen LogP contribution in [0.2, 0.25) is 0 Å². The van der Waals surface area contributed by atoms with Crippen molar-refractivity contribution in [1.82, 2.24) is 0 Å². The predicted molar refractivity (Wildman–Crippen MR) is 57.9 cm³/mol. The molecular weight excluding hydrogens is 248 g/mol. The second-order valence-electron chi connectivity index (χ2n) is 2.90. The summed E-state index contributed by atoms with van der Waals surface area (Å²) in [4.78, 5) is 0. The van der Waals surface area contributed by atoms with Gasteiger partial charge in [0.25, 0.3) is 0 Å². The van der Waals surface area contributed by atoms with Crippen LogP contribution in [0.3, 0.4) is 0 Å². The summed E-state index contributed by atoms with van der Waals surface area (Å²) in [6.07, 6.45) is -0.618. The monoisotopic (exact) mass is 260 g/mol. The van der Waals surface area contributed by atoms with Crippen LogP contribution in [0.5, 0.6) is 11.5 Å². The Morgan fingerprint density at radius 2 is 1.64 bits per heavy atom. The summed E-state index contributed by atoms with van der Waals surface area (Å²) < 4.78 is 11.2. The van der Waals surface area contributed by atoms with E-state index in [0.29, 0.717) is 17.1 Å². The lowest BCUT2D eigenvalue weighted by Crippen LogP contribution is -2.00. The Bertz CT molecular complexity index is 298. The van der Waals surface area contributed by atoms with Gasteiger partial charge in [-0.1, -0.05) is 15.9 Å². The molecule has 4 heteroatoms. The van der Waals surface area contributed by atoms with Gasteiger partial charge in [-0.3, -0.25) is 0 Å². The quantitative estimate of drug-likeness (QED) is 0.908. The summed E-state index contributed by atoms with van der Waals surface area (Å²) in [5, 5.41) is 9.56. The molecule has 1 aromatic rings. The lowest BCUT2D eigenvalue weighted by Gasteiger charge is -2.15. The van der Waals surface area contributed by atoms with Gasteiger partial charge in [0.05, 0.1) is 25.9 Å². The highest BCUT2D eigenvalue weighted by atomic mass is 79.9. The summed E-state index contributed by atoms with van der Waals surface area (Å²) in [5.74, 6) is 1.23. The SMILES string of the molecule is COc1cc(Br)cc(OC)c1C(C)O. The van der Waals surface area contributed by atoms with E-state index < -0.39 is 6.10 Å². The predicted octanol–water partition coefficient (Wildman–Crippen LogP) is 2.52. The van der Waals surface area contributed by atoms with Crippen molar-refractivity contribution in [2.45, 2.75) is 13.0 Å². The second-order valence-corrected chi connectivity index (χ2v) is 3.82. The van der Waals surface area contributed by atoms with Crippen molar-refractivity contribution in [3.8, 4) is 11.5 Å². The van der Waals surface area contributed by atoms with Crippen molar-refractivity contribution in [3.05, 3.63) is 22.2 Å². The van der Waals surface area contributed by atoms with Crippen LogP contribution in [0.15, 0.2) is 16.6 Å². The fraction of sp³-hybridized carbons (Fsp3) is 0.400. The molecule has 0 bridgehead atoms. The lowest BCUT2D eigenvalue weighted by molar-refractivity contribution is 0.189. The summed E-state index contributed by atoms with van der Waals surface area (Å²) in [5.41, 5.74) is 0.665. The van der Waals surface area contributed by atoms with Crippen LogP contribution in [-0.2, 0) is 0 Å². The summed E-state index contributed by atoms with van der Waals surface area (Å²) in [6.45, 7) is 1.67. The van der Waals surface area contributed by atoms with Crippen molar-refractivity contribution in [2.24, 2.45) is 0 Å². The Kier molecular flexibility index (Phi) is 3.77. The average Bonchev–Trinajstić information content (AvgIpc) is 2.15. The van der Waals surface area contributed by atoms with Gasteiger partial charge in [-0.25, -0.2) is 0 Å². The maximum Gasteiger partial charge on any atom is 0.129 e. The third kappa shape index (κ3) is 2.19. The van der Waals surface area contributed by atoms with E-state index >= 15 is 0 Å². The first-order chi connectivity index (χ1) is 6.60. The molecule has 1 N–H and O–H groups in total. The minimum atomic E-state index is -0.618. The fourth-order valence-electron chi connectivity index (χ4n) is 1.32. The van der Waals surface area contributed by atoms with Gasteiger partial charge in [-0.15, -0.1) is 0 Å². The number of benzene rings is 1. The van der Waals surface area contributed by atoms with E-state index in [1.807, 2.05) is 0 Å². The molecular formula is C10H13BrO3. The zero-order valence-corrected chi connectivity index (χ0v) is 9.96. The van der Waals surface area contributed by atoms with Gasteiger partial charge in [0, 0.05) is 4.47 Å². The Morgan fingerprint density at radius 3 is 1.93 bits per heavy atom. The zero-order valence-electron chi connectivity index (χ0n) is 8.37. The molecule has 1 unspecified atom stereocenters. The molecule has 0 amide bonds. The molecule has 3 nitrogen and oxygen atoms in total. The molecule has 1 atom stereocenters. The van der Waals surface area contributed by atoms with Gasteiger partial charge in [0.1, 0.15) is 11.5 Å². The van der Waals surface area contributed by atoms with Crippen molar-refractivity contribution in [2.75, 3.05) is 14.2 Å². The van der Waals surface area contributed by atoms with E-state index in [1.54, 1.807) is 33.3 Å². The highest BCUT2D eigenvalue weighted by Crippen LogP contribution is 2.36. The van der Waals surface area contributed by atoms with E-state index in [-0.39, 0.29) is 0 Å². The van der Waals surface area contributed by atoms with Crippen LogP contribution in [0, 0.1) is 0 Å². The topological polar surface area (TPSA) is 38.7 Å². The number of methoxy groups -OCH3 is 2. The van der Waals surface area contributed by atoms with Crippen LogP contribution in [0.1, 0.15) is 18.6 Å². The number of ether oxygens (including phenoxy) is 2. The van der Waals surface area contributed by atoms with Gasteiger partial charge in [-0.05, 0) is 19.1 Å². The first-order valence-corrected chi connectivity index (χ1v) is 4.99. The van der Waals surface area contributed by atoms with Crippen LogP contribution in [-0.4, -0.2) is 19.3 Å². The summed E-state index contributed by atoms with van der Waals surface area (Å²) in [6, 6.07) is 3.59. The van der Waals surface area contributed by atoms with E-state index in [2.05, 4.69) is 15.9 Å². The number of aliphatic hydroxyl groups excluding tert-OH is 1. The minimum absolute atomic E-state index is 0.617. The molecule has 0 aromatic heterocycles. The molecule has 1 aromatic carbocycles. The molecule has 1 rings (SSSR count). The van der Waals surface area contributed by atoms with Crippen molar-refractivity contribution in [3.63, 3.8) is 0 Å². The smallest absolute Gasteiger partial charge is 0.129 e. The molecule has 0 aliphatic carbocycles. The van der Waals surface area contributed by atoms with Crippen LogP contribution in [0.4, 0.5) is 0 Å². The zero-order chi connectivity index (χ0) is 10.7. The summed E-state index contributed by atoms with van der Waals surface area (Å²) >= 11 is 3.34. The summed E-state index contributed by atoms with van der Waals surface area (Å²) in [7, 11) is 3.13. The fourth-order valence-corrected chi connectivity index (χ4v) is 1.73. The minimum Gasteiger partial charge on any atom is -0.496 e. The molecule has 0 saturated carbocycles. The second kappa shape index (κ2) is 4.66. The first-order valence-electron chi connectivity index (χ1n) is 4.19. The van der Waals surface area contributed by atoms with Crippen LogP contribution in [0.25, 0.3) is 0 Å². The Hall–Kier alpha value is -0.740. The van der Waals surface area contributed by atoms with Gasteiger partial charge < -0.3 is 14.6 Å². The number of halogens is 1. The van der Waals surface area contributed by atoms with Crippen LogP contribution >= 0.6 is 15.9 Å². The number of hydrogen-bond donors (Lipinski definition) is 1. The number of rotatable bonds is 3. The molecule has 0 spiro atoms. The van der Waals surface area contributed by atoms with E-state index in [0.717, 1.165) is 4.47 Å². The maximum absolute atomic E-state index is 9.56. The number of hydrogen-bond acceptors (Lipinski definition) is 3. The maximum atomic E-state index is 9.56. The highest BCUT2D eigenvalue weighted by molar-refractivity contribution is 9.10. The normalized spacial score (nSPS) is 12.4. The lowest BCUT2D eigenvalue weighted by atomic mass is 10.1. The molecule has 0 aliphatic heterocycles. The van der Waals surface area contributed by atoms with Gasteiger partial charge in [0.15, 0.2) is 0 Å². The first kappa shape index (κ1) is 11.3. The molecule has 0 fully saturated rings. The third-order valence-corrected chi connectivity index (χ3v) is 2.38. The molecule has 0 aliphatic rings. The van der Waals surface area contributed by atoms with Gasteiger partial charge in [-0.2, -0.15) is 0 Å². The van der Waals surface area contributed by atoms with E-state index in [1.165, 1.54) is 0 Å². The van der Waals surface area contributed by atoms with Gasteiger partial charge in [0.2, 0.25) is 0 Å². The Balaban J connectivity index is 3.33. The molecule has 14 heavy (non-hydrogen) atoms. The number of aliphatic hydroxyl groups is 1. The van der Waals surface area contributed by atoms with Crippen LogP contribution < -0.4 is 9.47 Å². The van der Waals surface area contributed by atoms with Gasteiger partial charge >= 0.3 is 0 Å². The largest absolute Gasteiger partial charge is 0.496 e. The Morgan fingerprint density at radius 1 is 1.21 bits per heavy atom. The Labute approximate surface area is 91.8 Å². The average molecular weight is 261 g/mol. The van der Waals surface area contributed by atoms with E-state index in [4.69, 9.17) is 9.47 Å². The molecule has 0 saturated heterocycles. The molecule has 0 radical (unpaired) electrons. The van der Waals surface area contributed by atoms with Crippen molar-refractivity contribution in [1.29, 1.82) is 0 Å². The van der Waals surface area contributed by atoms with Crippen molar-refractivity contribution >= 4 is 15.9 Å². The third-order valence-electron chi connectivity index (χ3n) is 1.93. The molecule has 78 valence electrons. The standard InChI is InChI=1S/C10H13BrO3/c1-6(12)10-8(13-2)4-7(11)5-9(10)14-3/h4-6,12H,1-3H3.